The first-order valence-electron chi connectivity index (χ1n) is 11.6. The SMILES string of the molecule is C=CCOc1cccc([C@@H]2c3c(oc4ccccc4c3=O)C(=O)N2CCC[NH+](CC)CC)c1. The summed E-state index contributed by atoms with van der Waals surface area (Å²) in [5.41, 5.74) is 1.53. The van der Waals surface area contributed by atoms with Crippen molar-refractivity contribution < 1.29 is 18.8 Å². The summed E-state index contributed by atoms with van der Waals surface area (Å²) < 4.78 is 11.7. The minimum Gasteiger partial charge on any atom is -0.490 e. The van der Waals surface area contributed by atoms with Crippen LogP contribution in [-0.2, 0) is 0 Å². The Bertz CT molecular complexity index is 1210. The Morgan fingerprint density at radius 2 is 1.91 bits per heavy atom. The van der Waals surface area contributed by atoms with E-state index >= 15 is 0 Å². The Kier molecular flexibility index (Phi) is 6.94. The van der Waals surface area contributed by atoms with E-state index in [2.05, 4.69) is 20.4 Å². The van der Waals surface area contributed by atoms with E-state index in [1.165, 1.54) is 4.90 Å². The van der Waals surface area contributed by atoms with Crippen LogP contribution in [0.25, 0.3) is 11.0 Å². The second-order valence-corrected chi connectivity index (χ2v) is 8.30. The van der Waals surface area contributed by atoms with E-state index in [-0.39, 0.29) is 17.1 Å². The lowest BCUT2D eigenvalue weighted by atomic mass is 9.98. The second-order valence-electron chi connectivity index (χ2n) is 8.30. The van der Waals surface area contributed by atoms with Crippen molar-refractivity contribution in [3.8, 4) is 5.75 Å². The number of hydrogen-bond donors (Lipinski definition) is 1. The average Bonchev–Trinajstić information content (AvgIpc) is 3.12. The number of para-hydroxylation sites is 1. The molecule has 1 atom stereocenters. The fourth-order valence-electron chi connectivity index (χ4n) is 4.58. The summed E-state index contributed by atoms with van der Waals surface area (Å²) in [6.45, 7) is 12.0. The van der Waals surface area contributed by atoms with Crippen LogP contribution in [0.5, 0.6) is 5.75 Å². The van der Waals surface area contributed by atoms with E-state index in [1.807, 2.05) is 30.3 Å². The molecule has 1 amide bonds. The van der Waals surface area contributed by atoms with Crippen molar-refractivity contribution in [2.24, 2.45) is 0 Å². The van der Waals surface area contributed by atoms with Crippen molar-refractivity contribution in [3.05, 3.63) is 88.3 Å². The molecule has 1 aliphatic heterocycles. The number of carbonyl (C=O) groups is 1. The van der Waals surface area contributed by atoms with Gasteiger partial charge in [0, 0.05) is 13.0 Å². The fraction of sp³-hybridized carbons (Fsp3) is 0.333. The number of nitrogens with one attached hydrogen (secondary N) is 1. The van der Waals surface area contributed by atoms with Crippen LogP contribution in [0.4, 0.5) is 0 Å². The van der Waals surface area contributed by atoms with Crippen molar-refractivity contribution in [1.82, 2.24) is 4.90 Å². The van der Waals surface area contributed by atoms with Gasteiger partial charge in [-0.25, -0.2) is 0 Å². The minimum atomic E-state index is -0.507. The van der Waals surface area contributed by atoms with E-state index < -0.39 is 6.04 Å². The van der Waals surface area contributed by atoms with Crippen molar-refractivity contribution in [2.45, 2.75) is 26.3 Å². The third-order valence-corrected chi connectivity index (χ3v) is 6.34. The van der Waals surface area contributed by atoms with Crippen molar-refractivity contribution in [3.63, 3.8) is 0 Å². The molecule has 4 rings (SSSR count). The van der Waals surface area contributed by atoms with E-state index in [0.717, 1.165) is 31.6 Å². The molecule has 0 spiro atoms. The first-order chi connectivity index (χ1) is 16.1. The number of hydrogen-bond acceptors (Lipinski definition) is 4. The van der Waals surface area contributed by atoms with Gasteiger partial charge in [-0.2, -0.15) is 0 Å². The lowest BCUT2D eigenvalue weighted by Crippen LogP contribution is -3.11. The van der Waals surface area contributed by atoms with E-state index in [0.29, 0.717) is 35.4 Å². The molecule has 1 aromatic heterocycles. The van der Waals surface area contributed by atoms with Crippen LogP contribution >= 0.6 is 0 Å². The Morgan fingerprint density at radius 3 is 2.67 bits per heavy atom. The van der Waals surface area contributed by atoms with Crippen LogP contribution in [0.2, 0.25) is 0 Å². The van der Waals surface area contributed by atoms with Gasteiger partial charge in [0.05, 0.1) is 36.6 Å². The first kappa shape index (κ1) is 22.8. The first-order valence-corrected chi connectivity index (χ1v) is 11.6. The molecular formula is C27H31N2O4+. The second kappa shape index (κ2) is 10.0. The maximum absolute atomic E-state index is 13.5. The number of benzene rings is 2. The highest BCUT2D eigenvalue weighted by Crippen LogP contribution is 2.39. The van der Waals surface area contributed by atoms with Gasteiger partial charge in [0.25, 0.3) is 5.91 Å². The molecular weight excluding hydrogens is 416 g/mol. The van der Waals surface area contributed by atoms with Crippen LogP contribution in [0.3, 0.4) is 0 Å². The van der Waals surface area contributed by atoms with Gasteiger partial charge in [0.2, 0.25) is 5.76 Å². The monoisotopic (exact) mass is 447 g/mol. The number of nitrogens with zero attached hydrogens (tertiary/aromatic N) is 1. The zero-order valence-corrected chi connectivity index (χ0v) is 19.3. The molecule has 0 bridgehead atoms. The molecule has 0 aliphatic carbocycles. The van der Waals surface area contributed by atoms with Crippen LogP contribution in [0, 0.1) is 0 Å². The highest BCUT2D eigenvalue weighted by Gasteiger charge is 2.42. The molecule has 0 fully saturated rings. The Morgan fingerprint density at radius 1 is 1.12 bits per heavy atom. The molecule has 1 N–H and O–H groups in total. The molecule has 0 saturated carbocycles. The lowest BCUT2D eigenvalue weighted by Gasteiger charge is -2.26. The molecule has 6 heteroatoms. The van der Waals surface area contributed by atoms with Gasteiger partial charge in [-0.3, -0.25) is 9.59 Å². The number of carbonyl (C=O) groups excluding carboxylic acids is 1. The Balaban J connectivity index is 1.78. The van der Waals surface area contributed by atoms with Crippen molar-refractivity contribution in [2.75, 3.05) is 32.8 Å². The van der Waals surface area contributed by atoms with Crippen LogP contribution in [0.15, 0.2) is 70.4 Å². The maximum atomic E-state index is 13.5. The third-order valence-electron chi connectivity index (χ3n) is 6.34. The van der Waals surface area contributed by atoms with Crippen molar-refractivity contribution >= 4 is 16.9 Å². The lowest BCUT2D eigenvalue weighted by molar-refractivity contribution is -0.896. The minimum absolute atomic E-state index is 0.149. The normalized spacial score (nSPS) is 15.3. The number of quaternary nitrogens is 1. The quantitative estimate of drug-likeness (QED) is 0.485. The van der Waals surface area contributed by atoms with E-state index in [1.54, 1.807) is 29.2 Å². The number of amides is 1. The molecule has 2 aromatic carbocycles. The van der Waals surface area contributed by atoms with Gasteiger partial charge < -0.3 is 19.0 Å². The van der Waals surface area contributed by atoms with E-state index in [9.17, 15) is 9.59 Å². The largest absolute Gasteiger partial charge is 0.490 e. The zero-order chi connectivity index (χ0) is 23.4. The summed E-state index contributed by atoms with van der Waals surface area (Å²) in [7, 11) is 0. The molecule has 1 aliphatic rings. The van der Waals surface area contributed by atoms with Crippen molar-refractivity contribution in [1.29, 1.82) is 0 Å². The molecule has 3 aromatic rings. The van der Waals surface area contributed by atoms with Gasteiger partial charge in [-0.15, -0.1) is 0 Å². The predicted octanol–water partition coefficient (Wildman–Crippen LogP) is 3.22. The fourth-order valence-corrected chi connectivity index (χ4v) is 4.58. The summed E-state index contributed by atoms with van der Waals surface area (Å²) in [5, 5.41) is 0.488. The topological polar surface area (TPSA) is 64.2 Å². The maximum Gasteiger partial charge on any atom is 0.290 e. The smallest absolute Gasteiger partial charge is 0.290 e. The third kappa shape index (κ3) is 4.44. The summed E-state index contributed by atoms with van der Waals surface area (Å²) >= 11 is 0. The van der Waals surface area contributed by atoms with Gasteiger partial charge in [0.1, 0.15) is 17.9 Å². The summed E-state index contributed by atoms with van der Waals surface area (Å²) in [5.74, 6) is 0.590. The number of rotatable bonds is 10. The Labute approximate surface area is 194 Å². The summed E-state index contributed by atoms with van der Waals surface area (Å²) in [6, 6.07) is 14.2. The zero-order valence-electron chi connectivity index (χ0n) is 19.3. The molecule has 33 heavy (non-hydrogen) atoms. The molecule has 2 heterocycles. The van der Waals surface area contributed by atoms with Gasteiger partial charge in [-0.1, -0.05) is 36.9 Å². The standard InChI is InChI=1S/C27H30N2O4/c1-4-17-32-20-12-9-11-19(18-20)24-23-25(30)21-13-7-8-14-22(21)33-26(23)27(31)29(24)16-10-15-28(5-2)6-3/h4,7-9,11-14,18,24H,1,5-6,10,15-17H2,2-3H3/p+1/t24-/m1/s1. The average molecular weight is 448 g/mol. The van der Waals surface area contributed by atoms with Gasteiger partial charge >= 0.3 is 0 Å². The Hall–Kier alpha value is -3.38. The molecule has 0 unspecified atom stereocenters. The molecule has 0 radical (unpaired) electrons. The highest BCUT2D eigenvalue weighted by molar-refractivity contribution is 5.99. The van der Waals surface area contributed by atoms with Crippen LogP contribution < -0.4 is 15.1 Å². The molecule has 172 valence electrons. The van der Waals surface area contributed by atoms with Crippen LogP contribution in [0.1, 0.15) is 48.0 Å². The van der Waals surface area contributed by atoms with Gasteiger partial charge in [0.15, 0.2) is 5.43 Å². The summed E-state index contributed by atoms with van der Waals surface area (Å²) in [4.78, 5) is 30.3. The highest BCUT2D eigenvalue weighted by atomic mass is 16.5. The number of ether oxygens (including phenoxy) is 1. The number of fused-ring (bicyclic) bond motifs is 2. The van der Waals surface area contributed by atoms with E-state index in [4.69, 9.17) is 9.15 Å². The molecule has 6 nitrogen and oxygen atoms in total. The predicted molar refractivity (Wildman–Crippen MR) is 129 cm³/mol. The molecule has 0 saturated heterocycles. The van der Waals surface area contributed by atoms with Gasteiger partial charge in [-0.05, 0) is 43.7 Å². The van der Waals surface area contributed by atoms with Crippen LogP contribution in [-0.4, -0.2) is 43.6 Å². The summed E-state index contributed by atoms with van der Waals surface area (Å²) in [6.07, 6.45) is 2.53.